The molecule has 0 radical (unpaired) electrons. The standard InChI is InChI=1S/C18H19NO4S/c1-3-13-24(21,22)14(2)18(20)19-16-11-7-8-12-17(16)23-15-9-5-4-6-10-15/h3-12,14H,1,13H2,2H3,(H,19,20). The molecule has 0 spiro atoms. The summed E-state index contributed by atoms with van der Waals surface area (Å²) in [7, 11) is -3.57. The summed E-state index contributed by atoms with van der Waals surface area (Å²) in [5.41, 5.74) is 0.409. The van der Waals surface area contributed by atoms with Gasteiger partial charge in [-0.3, -0.25) is 4.79 Å². The molecule has 5 nitrogen and oxygen atoms in total. The molecule has 0 heterocycles. The number of rotatable bonds is 7. The van der Waals surface area contributed by atoms with Crippen molar-refractivity contribution in [1.82, 2.24) is 0 Å². The van der Waals surface area contributed by atoms with Crippen LogP contribution in [0.5, 0.6) is 11.5 Å². The number of nitrogens with one attached hydrogen (secondary N) is 1. The lowest BCUT2D eigenvalue weighted by Crippen LogP contribution is -2.33. The van der Waals surface area contributed by atoms with Gasteiger partial charge in [-0.05, 0) is 31.2 Å². The molecule has 2 aromatic rings. The Morgan fingerprint density at radius 2 is 1.79 bits per heavy atom. The van der Waals surface area contributed by atoms with Gasteiger partial charge in [-0.25, -0.2) is 8.42 Å². The number of ether oxygens (including phenoxy) is 1. The smallest absolute Gasteiger partial charge is 0.242 e. The van der Waals surface area contributed by atoms with E-state index in [0.29, 0.717) is 17.2 Å². The Bertz CT molecular complexity index is 816. The summed E-state index contributed by atoms with van der Waals surface area (Å²) in [6, 6.07) is 16.0. The van der Waals surface area contributed by atoms with Crippen molar-refractivity contribution >= 4 is 21.4 Å². The van der Waals surface area contributed by atoms with Crippen molar-refractivity contribution in [2.75, 3.05) is 11.1 Å². The number of anilines is 1. The summed E-state index contributed by atoms with van der Waals surface area (Å²) in [6.45, 7) is 4.76. The van der Waals surface area contributed by atoms with Crippen LogP contribution in [-0.4, -0.2) is 25.3 Å². The van der Waals surface area contributed by atoms with Crippen LogP contribution in [-0.2, 0) is 14.6 Å². The third-order valence-electron chi connectivity index (χ3n) is 3.37. The molecule has 0 aliphatic carbocycles. The molecule has 2 rings (SSSR count). The molecule has 126 valence electrons. The minimum Gasteiger partial charge on any atom is -0.455 e. The maximum Gasteiger partial charge on any atom is 0.242 e. The van der Waals surface area contributed by atoms with Gasteiger partial charge in [0.25, 0.3) is 0 Å². The molecule has 0 saturated carbocycles. The molecule has 2 aromatic carbocycles. The summed E-state index contributed by atoms with van der Waals surface area (Å²) in [4.78, 5) is 12.3. The molecular formula is C18H19NO4S. The van der Waals surface area contributed by atoms with Crippen LogP contribution in [0.15, 0.2) is 67.3 Å². The number of sulfone groups is 1. The van der Waals surface area contributed by atoms with Crippen LogP contribution in [0.1, 0.15) is 6.92 Å². The van der Waals surface area contributed by atoms with Gasteiger partial charge in [0.05, 0.1) is 11.4 Å². The average molecular weight is 345 g/mol. The van der Waals surface area contributed by atoms with E-state index in [4.69, 9.17) is 4.74 Å². The lowest BCUT2D eigenvalue weighted by molar-refractivity contribution is -0.115. The van der Waals surface area contributed by atoms with Crippen LogP contribution in [0.25, 0.3) is 0 Å². The molecule has 1 atom stereocenters. The van der Waals surface area contributed by atoms with E-state index in [1.54, 1.807) is 36.4 Å². The molecule has 24 heavy (non-hydrogen) atoms. The summed E-state index contributed by atoms with van der Waals surface area (Å²) >= 11 is 0. The van der Waals surface area contributed by atoms with E-state index in [2.05, 4.69) is 11.9 Å². The number of hydrogen-bond acceptors (Lipinski definition) is 4. The molecule has 0 bridgehead atoms. The van der Waals surface area contributed by atoms with Crippen LogP contribution in [0, 0.1) is 0 Å². The molecule has 0 saturated heterocycles. The maximum atomic E-state index is 12.3. The van der Waals surface area contributed by atoms with E-state index < -0.39 is 21.0 Å². The van der Waals surface area contributed by atoms with Crippen molar-refractivity contribution in [3.8, 4) is 11.5 Å². The van der Waals surface area contributed by atoms with Crippen molar-refractivity contribution < 1.29 is 17.9 Å². The van der Waals surface area contributed by atoms with Crippen molar-refractivity contribution in [2.24, 2.45) is 0 Å². The Morgan fingerprint density at radius 3 is 2.46 bits per heavy atom. The minimum atomic E-state index is -3.57. The van der Waals surface area contributed by atoms with E-state index in [9.17, 15) is 13.2 Å². The first kappa shape index (κ1) is 17.7. The van der Waals surface area contributed by atoms with E-state index in [0.717, 1.165) is 0 Å². The SMILES string of the molecule is C=CCS(=O)(=O)C(C)C(=O)Nc1ccccc1Oc1ccccc1. The molecule has 0 aromatic heterocycles. The Kier molecular flexibility index (Phi) is 5.76. The first-order chi connectivity index (χ1) is 11.4. The highest BCUT2D eigenvalue weighted by Gasteiger charge is 2.27. The van der Waals surface area contributed by atoms with E-state index in [1.807, 2.05) is 18.2 Å². The van der Waals surface area contributed by atoms with Crippen molar-refractivity contribution in [3.63, 3.8) is 0 Å². The van der Waals surface area contributed by atoms with Gasteiger partial charge in [0.1, 0.15) is 11.0 Å². The van der Waals surface area contributed by atoms with E-state index in [1.165, 1.54) is 13.0 Å². The van der Waals surface area contributed by atoms with Gasteiger partial charge < -0.3 is 10.1 Å². The van der Waals surface area contributed by atoms with Crippen molar-refractivity contribution in [2.45, 2.75) is 12.2 Å². The summed E-state index contributed by atoms with van der Waals surface area (Å²) in [5.74, 6) is 0.196. The van der Waals surface area contributed by atoms with Crippen molar-refractivity contribution in [3.05, 3.63) is 67.3 Å². The lowest BCUT2D eigenvalue weighted by Gasteiger charge is -2.15. The van der Waals surface area contributed by atoms with Gasteiger partial charge in [0.15, 0.2) is 15.6 Å². The molecule has 6 heteroatoms. The van der Waals surface area contributed by atoms with Crippen LogP contribution < -0.4 is 10.1 Å². The van der Waals surface area contributed by atoms with Gasteiger partial charge >= 0.3 is 0 Å². The molecule has 0 aliphatic heterocycles. The predicted molar refractivity (Wildman–Crippen MR) is 95.0 cm³/mol. The van der Waals surface area contributed by atoms with E-state index in [-0.39, 0.29) is 5.75 Å². The van der Waals surface area contributed by atoms with Gasteiger partial charge in [0.2, 0.25) is 5.91 Å². The predicted octanol–water partition coefficient (Wildman–Crippen LogP) is 3.41. The zero-order valence-corrected chi connectivity index (χ0v) is 14.1. The molecule has 1 unspecified atom stereocenters. The number of amides is 1. The number of benzene rings is 2. The fraction of sp³-hybridized carbons (Fsp3) is 0.167. The highest BCUT2D eigenvalue weighted by Crippen LogP contribution is 2.29. The Morgan fingerprint density at radius 1 is 1.17 bits per heavy atom. The topological polar surface area (TPSA) is 72.5 Å². The Hall–Kier alpha value is -2.60. The second kappa shape index (κ2) is 7.79. The monoisotopic (exact) mass is 345 g/mol. The highest BCUT2D eigenvalue weighted by molar-refractivity contribution is 7.92. The summed E-state index contributed by atoms with van der Waals surface area (Å²) in [6.07, 6.45) is 1.27. The van der Waals surface area contributed by atoms with Gasteiger partial charge in [0, 0.05) is 0 Å². The lowest BCUT2D eigenvalue weighted by atomic mass is 10.2. The number of para-hydroxylation sites is 3. The zero-order valence-electron chi connectivity index (χ0n) is 13.3. The van der Waals surface area contributed by atoms with E-state index >= 15 is 0 Å². The fourth-order valence-corrected chi connectivity index (χ4v) is 2.98. The maximum absolute atomic E-state index is 12.3. The summed E-state index contributed by atoms with van der Waals surface area (Å²) < 4.78 is 29.7. The molecular weight excluding hydrogens is 326 g/mol. The quantitative estimate of drug-likeness (QED) is 0.781. The number of carbonyl (C=O) groups excluding carboxylic acids is 1. The van der Waals surface area contributed by atoms with Gasteiger partial charge in [-0.1, -0.05) is 36.4 Å². The molecule has 1 N–H and O–H groups in total. The van der Waals surface area contributed by atoms with Crippen molar-refractivity contribution in [1.29, 1.82) is 0 Å². The molecule has 1 amide bonds. The minimum absolute atomic E-state index is 0.246. The third-order valence-corrected chi connectivity index (χ3v) is 5.37. The van der Waals surface area contributed by atoms with Crippen LogP contribution in [0.4, 0.5) is 5.69 Å². The van der Waals surface area contributed by atoms with Crippen LogP contribution >= 0.6 is 0 Å². The molecule has 0 fully saturated rings. The van der Waals surface area contributed by atoms with Crippen LogP contribution in [0.3, 0.4) is 0 Å². The first-order valence-corrected chi connectivity index (χ1v) is 9.11. The highest BCUT2D eigenvalue weighted by atomic mass is 32.2. The average Bonchev–Trinajstić information content (AvgIpc) is 2.56. The van der Waals surface area contributed by atoms with Crippen LogP contribution in [0.2, 0.25) is 0 Å². The fourth-order valence-electron chi connectivity index (χ4n) is 1.98. The Labute approximate surface area is 141 Å². The number of carbonyl (C=O) groups is 1. The van der Waals surface area contributed by atoms with Gasteiger partial charge in [-0.2, -0.15) is 0 Å². The molecule has 0 aliphatic rings. The largest absolute Gasteiger partial charge is 0.455 e. The second-order valence-corrected chi connectivity index (χ2v) is 7.53. The number of hydrogen-bond donors (Lipinski definition) is 1. The van der Waals surface area contributed by atoms with Gasteiger partial charge in [-0.15, -0.1) is 6.58 Å². The first-order valence-electron chi connectivity index (χ1n) is 7.39. The normalized spacial score (nSPS) is 12.2. The zero-order chi connectivity index (χ0) is 17.6. The summed E-state index contributed by atoms with van der Waals surface area (Å²) in [5, 5.41) is 1.44. The third kappa shape index (κ3) is 4.45. The second-order valence-electron chi connectivity index (χ2n) is 5.16. The Balaban J connectivity index is 2.18.